The van der Waals surface area contributed by atoms with Crippen LogP contribution in [-0.4, -0.2) is 17.8 Å². The lowest BCUT2D eigenvalue weighted by Gasteiger charge is -2.10. The minimum Gasteiger partial charge on any atom is -0.427 e. The van der Waals surface area contributed by atoms with Gasteiger partial charge in [0, 0.05) is 34.8 Å². The molecule has 0 atom stereocenters. The molecule has 0 heterocycles. The zero-order chi connectivity index (χ0) is 22.2. The Bertz CT molecular complexity index is 1110. The highest BCUT2D eigenvalue weighted by atomic mass is 79.9. The number of benzene rings is 3. The Morgan fingerprint density at radius 1 is 0.871 bits per heavy atom. The Morgan fingerprint density at radius 2 is 1.58 bits per heavy atom. The van der Waals surface area contributed by atoms with Crippen molar-refractivity contribution in [2.45, 2.75) is 19.8 Å². The van der Waals surface area contributed by atoms with Crippen LogP contribution in [-0.2, 0) is 16.0 Å². The van der Waals surface area contributed by atoms with Crippen molar-refractivity contribution in [3.63, 3.8) is 0 Å². The van der Waals surface area contributed by atoms with E-state index >= 15 is 0 Å². The Kier molecular flexibility index (Phi) is 7.56. The maximum Gasteiger partial charge on any atom is 0.308 e. The normalized spacial score (nSPS) is 10.3. The van der Waals surface area contributed by atoms with Crippen LogP contribution < -0.4 is 15.4 Å². The number of hydrogen-bond donors (Lipinski definition) is 2. The van der Waals surface area contributed by atoms with Crippen molar-refractivity contribution >= 4 is 45.1 Å². The van der Waals surface area contributed by atoms with Gasteiger partial charge in [0.05, 0.1) is 0 Å². The van der Waals surface area contributed by atoms with Gasteiger partial charge in [0.2, 0.25) is 5.91 Å². The number of carbonyl (C=O) groups is 3. The molecule has 0 fully saturated rings. The summed E-state index contributed by atoms with van der Waals surface area (Å²) >= 11 is 3.42. The minimum atomic E-state index is -0.458. The van der Waals surface area contributed by atoms with Crippen LogP contribution in [0.1, 0.15) is 29.3 Å². The summed E-state index contributed by atoms with van der Waals surface area (Å²) in [5.74, 6) is -0.628. The van der Waals surface area contributed by atoms with Crippen LogP contribution in [0.2, 0.25) is 0 Å². The van der Waals surface area contributed by atoms with Crippen molar-refractivity contribution in [1.29, 1.82) is 0 Å². The summed E-state index contributed by atoms with van der Waals surface area (Å²) in [6, 6.07) is 21.1. The zero-order valence-electron chi connectivity index (χ0n) is 16.9. The first-order valence-electron chi connectivity index (χ1n) is 9.63. The zero-order valence-corrected chi connectivity index (χ0v) is 18.4. The Hall–Kier alpha value is -3.45. The number of anilines is 2. The van der Waals surface area contributed by atoms with E-state index in [0.717, 1.165) is 10.0 Å². The number of halogens is 1. The van der Waals surface area contributed by atoms with Gasteiger partial charge in [-0.2, -0.15) is 0 Å². The third kappa shape index (κ3) is 7.08. The van der Waals surface area contributed by atoms with E-state index in [2.05, 4.69) is 26.6 Å². The van der Waals surface area contributed by atoms with Gasteiger partial charge in [0.15, 0.2) is 0 Å². The molecule has 7 heteroatoms. The number of ether oxygens (including phenoxy) is 1. The summed E-state index contributed by atoms with van der Waals surface area (Å²) in [4.78, 5) is 35.9. The lowest BCUT2D eigenvalue weighted by atomic mass is 10.1. The average molecular weight is 481 g/mol. The average Bonchev–Trinajstić information content (AvgIpc) is 2.72. The van der Waals surface area contributed by atoms with Crippen LogP contribution >= 0.6 is 15.9 Å². The first kappa shape index (κ1) is 22.2. The summed E-state index contributed by atoms with van der Waals surface area (Å²) < 4.78 is 5.99. The molecule has 0 saturated carbocycles. The second-order valence-corrected chi connectivity index (χ2v) is 7.75. The van der Waals surface area contributed by atoms with Gasteiger partial charge >= 0.3 is 5.97 Å². The molecule has 31 heavy (non-hydrogen) atoms. The Labute approximate surface area is 188 Å². The summed E-state index contributed by atoms with van der Waals surface area (Å²) in [5, 5.41) is 5.63. The third-order valence-corrected chi connectivity index (χ3v) is 4.79. The van der Waals surface area contributed by atoms with Gasteiger partial charge in [-0.05, 0) is 60.5 Å². The highest BCUT2D eigenvalue weighted by molar-refractivity contribution is 9.10. The molecule has 0 radical (unpaired) electrons. The van der Waals surface area contributed by atoms with Gasteiger partial charge in [0.25, 0.3) is 5.91 Å². The van der Waals surface area contributed by atoms with E-state index in [-0.39, 0.29) is 11.8 Å². The molecule has 0 bridgehead atoms. The molecular weight excluding hydrogens is 460 g/mol. The molecule has 0 aliphatic carbocycles. The van der Waals surface area contributed by atoms with Crippen LogP contribution in [0.4, 0.5) is 11.4 Å². The first-order valence-corrected chi connectivity index (χ1v) is 10.4. The van der Waals surface area contributed by atoms with Crippen LogP contribution in [0.3, 0.4) is 0 Å². The number of hydrogen-bond acceptors (Lipinski definition) is 4. The molecule has 0 aromatic heterocycles. The molecule has 0 spiro atoms. The molecule has 6 nitrogen and oxygen atoms in total. The Balaban J connectivity index is 1.59. The lowest BCUT2D eigenvalue weighted by Crippen LogP contribution is -2.14. The fourth-order valence-corrected chi connectivity index (χ4v) is 3.37. The summed E-state index contributed by atoms with van der Waals surface area (Å²) in [7, 11) is 0. The SMILES string of the molecule is CC(=O)Oc1cccc(C(=O)Nc2cccc(NC(=O)CCc3cccc(Br)c3)c2)c1. The maximum atomic E-state index is 12.5. The fourth-order valence-electron chi connectivity index (χ4n) is 2.92. The smallest absolute Gasteiger partial charge is 0.308 e. The van der Waals surface area contributed by atoms with Crippen LogP contribution in [0.5, 0.6) is 5.75 Å². The van der Waals surface area contributed by atoms with Crippen molar-refractivity contribution in [3.05, 3.63) is 88.4 Å². The second kappa shape index (κ2) is 10.5. The number of amides is 2. The van der Waals surface area contributed by atoms with E-state index < -0.39 is 5.97 Å². The molecule has 158 valence electrons. The van der Waals surface area contributed by atoms with Gasteiger partial charge in [0.1, 0.15) is 5.75 Å². The van der Waals surface area contributed by atoms with Crippen LogP contribution in [0.25, 0.3) is 0 Å². The largest absolute Gasteiger partial charge is 0.427 e. The molecule has 0 saturated heterocycles. The van der Waals surface area contributed by atoms with E-state index in [1.165, 1.54) is 13.0 Å². The summed E-state index contributed by atoms with van der Waals surface area (Å²) in [6.07, 6.45) is 0.969. The fraction of sp³-hybridized carbons (Fsp3) is 0.125. The van der Waals surface area contributed by atoms with Gasteiger partial charge in [-0.1, -0.05) is 40.2 Å². The third-order valence-electron chi connectivity index (χ3n) is 4.29. The van der Waals surface area contributed by atoms with E-state index in [1.807, 2.05) is 24.3 Å². The van der Waals surface area contributed by atoms with Gasteiger partial charge in [-0.15, -0.1) is 0 Å². The Morgan fingerprint density at radius 3 is 2.32 bits per heavy atom. The number of esters is 1. The van der Waals surface area contributed by atoms with Gasteiger partial charge in [-0.25, -0.2) is 0 Å². The number of nitrogens with one attached hydrogen (secondary N) is 2. The van der Waals surface area contributed by atoms with Crippen molar-refractivity contribution < 1.29 is 19.1 Å². The van der Waals surface area contributed by atoms with Crippen molar-refractivity contribution in [1.82, 2.24) is 0 Å². The van der Waals surface area contributed by atoms with E-state index in [9.17, 15) is 14.4 Å². The molecule has 2 amide bonds. The molecule has 3 rings (SSSR count). The summed E-state index contributed by atoms with van der Waals surface area (Å²) in [5.41, 5.74) is 2.54. The second-order valence-electron chi connectivity index (χ2n) is 6.83. The van der Waals surface area contributed by atoms with E-state index in [4.69, 9.17) is 4.74 Å². The van der Waals surface area contributed by atoms with Crippen LogP contribution in [0.15, 0.2) is 77.3 Å². The van der Waals surface area contributed by atoms with Gasteiger partial charge in [-0.3, -0.25) is 14.4 Å². The minimum absolute atomic E-state index is 0.113. The predicted molar refractivity (Wildman–Crippen MR) is 123 cm³/mol. The standard InChI is InChI=1S/C24H21BrN2O4/c1-16(28)31-22-10-3-6-18(14-22)24(30)27-21-9-4-8-20(15-21)26-23(29)12-11-17-5-2-7-19(25)13-17/h2-10,13-15H,11-12H2,1H3,(H,26,29)(H,27,30). The lowest BCUT2D eigenvalue weighted by molar-refractivity contribution is -0.131. The predicted octanol–water partition coefficient (Wildman–Crippen LogP) is 5.20. The van der Waals surface area contributed by atoms with Crippen molar-refractivity contribution in [2.75, 3.05) is 10.6 Å². The number of rotatable bonds is 7. The topological polar surface area (TPSA) is 84.5 Å². The first-order chi connectivity index (χ1) is 14.9. The monoisotopic (exact) mass is 480 g/mol. The quantitative estimate of drug-likeness (QED) is 0.359. The number of carbonyl (C=O) groups excluding carboxylic acids is 3. The van der Waals surface area contributed by atoms with Crippen LogP contribution in [0, 0.1) is 0 Å². The summed E-state index contributed by atoms with van der Waals surface area (Å²) in [6.45, 7) is 1.30. The van der Waals surface area contributed by atoms with E-state index in [1.54, 1.807) is 42.5 Å². The molecule has 2 N–H and O–H groups in total. The molecular formula is C24H21BrN2O4. The molecule has 0 aliphatic heterocycles. The van der Waals surface area contributed by atoms with Crippen molar-refractivity contribution in [2.24, 2.45) is 0 Å². The molecule has 0 aliphatic rings. The van der Waals surface area contributed by atoms with Crippen molar-refractivity contribution in [3.8, 4) is 5.75 Å². The molecule has 0 unspecified atom stereocenters. The number of aryl methyl sites for hydroxylation is 1. The highest BCUT2D eigenvalue weighted by Crippen LogP contribution is 2.19. The molecule has 3 aromatic carbocycles. The molecule has 3 aromatic rings. The maximum absolute atomic E-state index is 12.5. The van der Waals surface area contributed by atoms with E-state index in [0.29, 0.717) is 35.5 Å². The van der Waals surface area contributed by atoms with Gasteiger partial charge < -0.3 is 15.4 Å². The highest BCUT2D eigenvalue weighted by Gasteiger charge is 2.10.